The van der Waals surface area contributed by atoms with Crippen LogP contribution in [0.4, 0.5) is 0 Å². The van der Waals surface area contributed by atoms with Crippen molar-refractivity contribution >= 4 is 5.97 Å². The Balaban J connectivity index is 3.26. The van der Waals surface area contributed by atoms with Crippen molar-refractivity contribution in [3.8, 4) is 0 Å². The molecule has 1 atom stereocenters. The van der Waals surface area contributed by atoms with Gasteiger partial charge in [-0.25, -0.2) is 0 Å². The highest BCUT2D eigenvalue weighted by Crippen LogP contribution is 1.97. The Morgan fingerprint density at radius 3 is 2.46 bits per heavy atom. The van der Waals surface area contributed by atoms with Crippen LogP contribution in [-0.2, 0) is 19.0 Å². The molecular weight excluding hydrogens is 172 g/mol. The average molecular weight is 190 g/mol. The number of methoxy groups -OCH3 is 1. The first-order valence-electron chi connectivity index (χ1n) is 4.45. The largest absolute Gasteiger partial charge is 0.469 e. The van der Waals surface area contributed by atoms with Crippen LogP contribution in [0.25, 0.3) is 0 Å². The van der Waals surface area contributed by atoms with Gasteiger partial charge in [-0.05, 0) is 13.8 Å². The number of hydrogen-bond donors (Lipinski definition) is 0. The highest BCUT2D eigenvalue weighted by Gasteiger charge is 2.12. The summed E-state index contributed by atoms with van der Waals surface area (Å²) in [6, 6.07) is 0. The molecule has 4 nitrogen and oxygen atoms in total. The Morgan fingerprint density at radius 1 is 1.31 bits per heavy atom. The molecule has 0 saturated heterocycles. The van der Waals surface area contributed by atoms with E-state index in [1.165, 1.54) is 7.11 Å². The van der Waals surface area contributed by atoms with Crippen LogP contribution >= 0.6 is 0 Å². The zero-order valence-electron chi connectivity index (χ0n) is 8.54. The highest BCUT2D eigenvalue weighted by molar-refractivity contribution is 5.71. The van der Waals surface area contributed by atoms with Gasteiger partial charge in [0.05, 0.1) is 32.8 Å². The molecule has 13 heavy (non-hydrogen) atoms. The highest BCUT2D eigenvalue weighted by atomic mass is 16.5. The Morgan fingerprint density at radius 2 is 1.92 bits per heavy atom. The smallest absolute Gasteiger partial charge is 0.310 e. The number of carbonyl (C=O) groups is 1. The van der Waals surface area contributed by atoms with E-state index in [1.54, 1.807) is 6.92 Å². The van der Waals surface area contributed by atoms with Crippen LogP contribution in [0.3, 0.4) is 0 Å². The van der Waals surface area contributed by atoms with Crippen LogP contribution < -0.4 is 0 Å². The van der Waals surface area contributed by atoms with Gasteiger partial charge >= 0.3 is 5.97 Å². The molecule has 0 aromatic rings. The van der Waals surface area contributed by atoms with Gasteiger partial charge in [-0.1, -0.05) is 0 Å². The minimum atomic E-state index is -0.239. The van der Waals surface area contributed by atoms with Crippen molar-refractivity contribution < 1.29 is 19.0 Å². The van der Waals surface area contributed by atoms with E-state index in [-0.39, 0.29) is 11.9 Å². The molecule has 0 N–H and O–H groups in total. The molecule has 0 aliphatic carbocycles. The molecule has 0 saturated carbocycles. The van der Waals surface area contributed by atoms with Gasteiger partial charge in [0.1, 0.15) is 0 Å². The van der Waals surface area contributed by atoms with Crippen molar-refractivity contribution in [2.45, 2.75) is 13.8 Å². The Bertz CT molecular complexity index is 136. The van der Waals surface area contributed by atoms with Crippen LogP contribution in [0.5, 0.6) is 0 Å². The SMILES string of the molecule is CCOCCOCC(C)C(=O)OC. The molecule has 1 unspecified atom stereocenters. The molecule has 0 aromatic heterocycles. The third-order valence-corrected chi connectivity index (χ3v) is 1.55. The molecular formula is C9H18O4. The second-order valence-electron chi connectivity index (χ2n) is 2.70. The first-order chi connectivity index (χ1) is 6.22. The van der Waals surface area contributed by atoms with Gasteiger partial charge in [-0.3, -0.25) is 4.79 Å². The average Bonchev–Trinajstić information content (AvgIpc) is 2.16. The monoisotopic (exact) mass is 190 g/mol. The van der Waals surface area contributed by atoms with Crippen molar-refractivity contribution in [3.63, 3.8) is 0 Å². The molecule has 0 fully saturated rings. The molecule has 4 heteroatoms. The van der Waals surface area contributed by atoms with Crippen molar-refractivity contribution in [1.29, 1.82) is 0 Å². The molecule has 0 bridgehead atoms. The quantitative estimate of drug-likeness (QED) is 0.441. The van der Waals surface area contributed by atoms with Gasteiger partial charge in [-0.15, -0.1) is 0 Å². The summed E-state index contributed by atoms with van der Waals surface area (Å²) >= 11 is 0. The summed E-state index contributed by atoms with van der Waals surface area (Å²) in [6.07, 6.45) is 0. The minimum Gasteiger partial charge on any atom is -0.469 e. The van der Waals surface area contributed by atoms with Crippen LogP contribution in [-0.4, -0.2) is 39.5 Å². The summed E-state index contributed by atoms with van der Waals surface area (Å²) in [5, 5.41) is 0. The lowest BCUT2D eigenvalue weighted by Gasteiger charge is -2.09. The molecule has 0 amide bonds. The second-order valence-corrected chi connectivity index (χ2v) is 2.70. The van der Waals surface area contributed by atoms with Crippen LogP contribution in [0.15, 0.2) is 0 Å². The number of carbonyl (C=O) groups excluding carboxylic acids is 1. The van der Waals surface area contributed by atoms with Gasteiger partial charge in [0.25, 0.3) is 0 Å². The zero-order valence-corrected chi connectivity index (χ0v) is 8.54. The zero-order chi connectivity index (χ0) is 10.1. The molecule has 0 aliphatic heterocycles. The minimum absolute atomic E-state index is 0.202. The lowest BCUT2D eigenvalue weighted by atomic mass is 10.2. The Kier molecular flexibility index (Phi) is 7.63. The van der Waals surface area contributed by atoms with Gasteiger partial charge in [0.15, 0.2) is 0 Å². The topological polar surface area (TPSA) is 44.8 Å². The van der Waals surface area contributed by atoms with E-state index in [0.29, 0.717) is 26.4 Å². The summed E-state index contributed by atoms with van der Waals surface area (Å²) in [5.74, 6) is -0.442. The van der Waals surface area contributed by atoms with Gasteiger partial charge in [-0.2, -0.15) is 0 Å². The van der Waals surface area contributed by atoms with E-state index < -0.39 is 0 Å². The van der Waals surface area contributed by atoms with E-state index in [4.69, 9.17) is 9.47 Å². The first-order valence-corrected chi connectivity index (χ1v) is 4.45. The van der Waals surface area contributed by atoms with Gasteiger partial charge < -0.3 is 14.2 Å². The lowest BCUT2D eigenvalue weighted by Crippen LogP contribution is -2.19. The van der Waals surface area contributed by atoms with E-state index in [2.05, 4.69) is 4.74 Å². The van der Waals surface area contributed by atoms with Crippen molar-refractivity contribution in [2.75, 3.05) is 33.5 Å². The van der Waals surface area contributed by atoms with E-state index in [0.717, 1.165) is 0 Å². The molecule has 0 rings (SSSR count). The molecule has 0 heterocycles. The van der Waals surface area contributed by atoms with E-state index in [1.807, 2.05) is 6.92 Å². The molecule has 0 aromatic carbocycles. The van der Waals surface area contributed by atoms with Gasteiger partial charge in [0, 0.05) is 6.61 Å². The molecule has 0 radical (unpaired) electrons. The summed E-state index contributed by atoms with van der Waals surface area (Å²) in [7, 11) is 1.37. The van der Waals surface area contributed by atoms with Crippen LogP contribution in [0, 0.1) is 5.92 Å². The van der Waals surface area contributed by atoms with E-state index in [9.17, 15) is 4.79 Å². The van der Waals surface area contributed by atoms with Crippen LogP contribution in [0.2, 0.25) is 0 Å². The standard InChI is InChI=1S/C9H18O4/c1-4-12-5-6-13-7-8(2)9(10)11-3/h8H,4-7H2,1-3H3. The normalized spacial score (nSPS) is 12.5. The maximum absolute atomic E-state index is 10.9. The summed E-state index contributed by atoms with van der Waals surface area (Å²) in [6.45, 7) is 5.87. The Hall–Kier alpha value is -0.610. The molecule has 78 valence electrons. The van der Waals surface area contributed by atoms with Crippen molar-refractivity contribution in [1.82, 2.24) is 0 Å². The molecule has 0 aliphatic rings. The van der Waals surface area contributed by atoms with Crippen LogP contribution in [0.1, 0.15) is 13.8 Å². The lowest BCUT2D eigenvalue weighted by molar-refractivity contribution is -0.147. The number of ether oxygens (including phenoxy) is 3. The van der Waals surface area contributed by atoms with Gasteiger partial charge in [0.2, 0.25) is 0 Å². The van der Waals surface area contributed by atoms with E-state index >= 15 is 0 Å². The third kappa shape index (κ3) is 6.54. The predicted octanol–water partition coefficient (Wildman–Crippen LogP) is 0.849. The summed E-state index contributed by atoms with van der Waals surface area (Å²) < 4.78 is 14.8. The summed E-state index contributed by atoms with van der Waals surface area (Å²) in [4.78, 5) is 10.9. The molecule has 0 spiro atoms. The number of hydrogen-bond acceptors (Lipinski definition) is 4. The predicted molar refractivity (Wildman–Crippen MR) is 48.5 cm³/mol. The maximum atomic E-state index is 10.9. The van der Waals surface area contributed by atoms with Crippen molar-refractivity contribution in [3.05, 3.63) is 0 Å². The second kappa shape index (κ2) is 8.01. The fraction of sp³-hybridized carbons (Fsp3) is 0.889. The summed E-state index contributed by atoms with van der Waals surface area (Å²) in [5.41, 5.74) is 0. The fourth-order valence-corrected chi connectivity index (χ4v) is 0.792. The maximum Gasteiger partial charge on any atom is 0.310 e. The Labute approximate surface area is 79.2 Å². The first kappa shape index (κ1) is 12.4. The third-order valence-electron chi connectivity index (χ3n) is 1.55. The number of rotatable bonds is 7. The fourth-order valence-electron chi connectivity index (χ4n) is 0.792. The van der Waals surface area contributed by atoms with Crippen molar-refractivity contribution in [2.24, 2.45) is 5.92 Å². The number of esters is 1.